The zero-order valence-electron chi connectivity index (χ0n) is 18.2. The highest BCUT2D eigenvalue weighted by molar-refractivity contribution is 6.00. The summed E-state index contributed by atoms with van der Waals surface area (Å²) in [7, 11) is 2.98. The fourth-order valence-corrected chi connectivity index (χ4v) is 4.59. The lowest BCUT2D eigenvalue weighted by Gasteiger charge is -2.34. The standard InChI is InChI=1S/C22H27N3O7/c1-30-13-7-8-14(18(11-13)31-2)20(27)25-10-4-6-17(25)22(29)32-12-15-21(28)24-9-3-5-16(24)19(26)23-15/h7-8,11,15-17H,3-6,9-10,12H2,1-2H3,(H,23,26)/t15-,16-,17?/m0/s1. The highest BCUT2D eigenvalue weighted by Gasteiger charge is 2.44. The highest BCUT2D eigenvalue weighted by atomic mass is 16.5. The van der Waals surface area contributed by atoms with E-state index >= 15 is 0 Å². The van der Waals surface area contributed by atoms with Crippen LogP contribution in [0.5, 0.6) is 11.5 Å². The Kier molecular flexibility index (Phi) is 6.20. The molecule has 1 aromatic rings. The summed E-state index contributed by atoms with van der Waals surface area (Å²) in [5, 5.41) is 2.65. The summed E-state index contributed by atoms with van der Waals surface area (Å²) in [6.07, 6.45) is 2.54. The minimum atomic E-state index is -0.895. The van der Waals surface area contributed by atoms with Gasteiger partial charge in [0.1, 0.15) is 36.2 Å². The third-order valence-electron chi connectivity index (χ3n) is 6.27. The summed E-state index contributed by atoms with van der Waals surface area (Å²) >= 11 is 0. The van der Waals surface area contributed by atoms with Crippen molar-refractivity contribution >= 4 is 23.7 Å². The van der Waals surface area contributed by atoms with Crippen LogP contribution >= 0.6 is 0 Å². The molecule has 3 fully saturated rings. The Labute approximate surface area is 185 Å². The van der Waals surface area contributed by atoms with Gasteiger partial charge in [0.2, 0.25) is 11.8 Å². The molecule has 3 atom stereocenters. The molecule has 1 N–H and O–H groups in total. The van der Waals surface area contributed by atoms with Gasteiger partial charge in [0.05, 0.1) is 19.8 Å². The number of benzene rings is 1. The number of ether oxygens (including phenoxy) is 3. The molecule has 172 valence electrons. The average Bonchev–Trinajstić information content (AvgIpc) is 3.49. The Morgan fingerprint density at radius 2 is 1.88 bits per heavy atom. The van der Waals surface area contributed by atoms with Gasteiger partial charge in [-0.2, -0.15) is 0 Å². The number of carbonyl (C=O) groups excluding carboxylic acids is 4. The lowest BCUT2D eigenvalue weighted by molar-refractivity contribution is -0.155. The lowest BCUT2D eigenvalue weighted by atomic mass is 10.1. The maximum Gasteiger partial charge on any atom is 0.328 e. The van der Waals surface area contributed by atoms with Crippen LogP contribution in [0.4, 0.5) is 0 Å². The first-order valence-corrected chi connectivity index (χ1v) is 10.7. The van der Waals surface area contributed by atoms with E-state index in [1.54, 1.807) is 23.1 Å². The topological polar surface area (TPSA) is 114 Å². The summed E-state index contributed by atoms with van der Waals surface area (Å²) < 4.78 is 15.9. The van der Waals surface area contributed by atoms with Gasteiger partial charge in [0.15, 0.2) is 0 Å². The fourth-order valence-electron chi connectivity index (χ4n) is 4.59. The van der Waals surface area contributed by atoms with E-state index in [4.69, 9.17) is 14.2 Å². The summed E-state index contributed by atoms with van der Waals surface area (Å²) in [6, 6.07) is 2.79. The van der Waals surface area contributed by atoms with E-state index in [1.165, 1.54) is 19.1 Å². The molecule has 4 rings (SSSR count). The van der Waals surface area contributed by atoms with Crippen LogP contribution in [0.3, 0.4) is 0 Å². The lowest BCUT2D eigenvalue weighted by Crippen LogP contribution is -2.62. The van der Waals surface area contributed by atoms with Gasteiger partial charge < -0.3 is 29.3 Å². The Morgan fingerprint density at radius 1 is 1.09 bits per heavy atom. The van der Waals surface area contributed by atoms with E-state index in [0.29, 0.717) is 49.4 Å². The molecule has 3 heterocycles. The normalized spacial score (nSPS) is 24.8. The van der Waals surface area contributed by atoms with Crippen molar-refractivity contribution in [2.45, 2.75) is 43.8 Å². The third kappa shape index (κ3) is 3.96. The number of rotatable bonds is 6. The molecule has 0 bridgehead atoms. The Bertz CT molecular complexity index is 934. The number of fused-ring (bicyclic) bond motifs is 1. The molecule has 3 amide bonds. The largest absolute Gasteiger partial charge is 0.497 e. The van der Waals surface area contributed by atoms with Crippen LogP contribution < -0.4 is 14.8 Å². The van der Waals surface area contributed by atoms with Crippen molar-refractivity contribution in [2.24, 2.45) is 0 Å². The maximum absolute atomic E-state index is 13.1. The van der Waals surface area contributed by atoms with E-state index in [0.717, 1.165) is 6.42 Å². The number of likely N-dealkylation sites (tertiary alicyclic amines) is 1. The van der Waals surface area contributed by atoms with Gasteiger partial charge in [-0.3, -0.25) is 14.4 Å². The zero-order valence-corrected chi connectivity index (χ0v) is 18.2. The first-order valence-electron chi connectivity index (χ1n) is 10.7. The van der Waals surface area contributed by atoms with Gasteiger partial charge in [-0.05, 0) is 37.8 Å². The van der Waals surface area contributed by atoms with Crippen LogP contribution in [0.15, 0.2) is 18.2 Å². The van der Waals surface area contributed by atoms with Crippen molar-refractivity contribution in [2.75, 3.05) is 33.9 Å². The van der Waals surface area contributed by atoms with Crippen molar-refractivity contribution in [1.82, 2.24) is 15.1 Å². The van der Waals surface area contributed by atoms with E-state index in [2.05, 4.69) is 5.32 Å². The number of nitrogens with zero attached hydrogens (tertiary/aromatic N) is 2. The number of esters is 1. The minimum Gasteiger partial charge on any atom is -0.497 e. The molecule has 0 aliphatic carbocycles. The van der Waals surface area contributed by atoms with E-state index in [-0.39, 0.29) is 24.3 Å². The number of methoxy groups -OCH3 is 2. The molecule has 1 unspecified atom stereocenters. The quantitative estimate of drug-likeness (QED) is 0.628. The van der Waals surface area contributed by atoms with Gasteiger partial charge in [-0.15, -0.1) is 0 Å². The number of hydrogen-bond donors (Lipinski definition) is 1. The van der Waals surface area contributed by atoms with E-state index in [1.807, 2.05) is 0 Å². The molecule has 0 spiro atoms. The summed E-state index contributed by atoms with van der Waals surface area (Å²) in [5.74, 6) is -0.478. The Morgan fingerprint density at radius 3 is 2.62 bits per heavy atom. The number of nitrogens with one attached hydrogen (secondary N) is 1. The number of carbonyl (C=O) groups is 4. The van der Waals surface area contributed by atoms with Crippen LogP contribution in [0.1, 0.15) is 36.0 Å². The van der Waals surface area contributed by atoms with Crippen molar-refractivity contribution < 1.29 is 33.4 Å². The monoisotopic (exact) mass is 445 g/mol. The predicted molar refractivity (Wildman–Crippen MR) is 111 cm³/mol. The highest BCUT2D eigenvalue weighted by Crippen LogP contribution is 2.29. The molecule has 1 aromatic carbocycles. The molecule has 10 heteroatoms. The van der Waals surface area contributed by atoms with Crippen LogP contribution in [-0.4, -0.2) is 85.5 Å². The second-order valence-corrected chi connectivity index (χ2v) is 8.10. The molecule has 0 radical (unpaired) electrons. The van der Waals surface area contributed by atoms with Crippen molar-refractivity contribution in [3.05, 3.63) is 23.8 Å². The maximum atomic E-state index is 13.1. The molecule has 10 nitrogen and oxygen atoms in total. The van der Waals surface area contributed by atoms with Gasteiger partial charge >= 0.3 is 5.97 Å². The third-order valence-corrected chi connectivity index (χ3v) is 6.27. The van der Waals surface area contributed by atoms with E-state index in [9.17, 15) is 19.2 Å². The molecule has 3 aliphatic rings. The SMILES string of the molecule is COc1ccc(C(=O)N2CCCC2C(=O)OC[C@@H]2NC(=O)[C@@H]3CCCN3C2=O)c(OC)c1. The second-order valence-electron chi connectivity index (χ2n) is 8.10. The summed E-state index contributed by atoms with van der Waals surface area (Å²) in [4.78, 5) is 53.8. The molecule has 0 aromatic heterocycles. The smallest absolute Gasteiger partial charge is 0.328 e. The van der Waals surface area contributed by atoms with Gasteiger partial charge in [-0.1, -0.05) is 0 Å². The molecule has 32 heavy (non-hydrogen) atoms. The van der Waals surface area contributed by atoms with Crippen LogP contribution in [0.25, 0.3) is 0 Å². The molecule has 0 saturated carbocycles. The fraction of sp³-hybridized carbons (Fsp3) is 0.545. The van der Waals surface area contributed by atoms with Crippen molar-refractivity contribution in [3.63, 3.8) is 0 Å². The van der Waals surface area contributed by atoms with Gasteiger partial charge in [0.25, 0.3) is 5.91 Å². The first kappa shape index (κ1) is 21.9. The molecular formula is C22H27N3O7. The average molecular weight is 445 g/mol. The molecular weight excluding hydrogens is 418 g/mol. The van der Waals surface area contributed by atoms with Crippen LogP contribution in [0, 0.1) is 0 Å². The Balaban J connectivity index is 1.41. The van der Waals surface area contributed by atoms with Crippen molar-refractivity contribution in [1.29, 1.82) is 0 Å². The second kappa shape index (κ2) is 9.05. The van der Waals surface area contributed by atoms with Crippen LogP contribution in [-0.2, 0) is 19.1 Å². The minimum absolute atomic E-state index is 0.215. The molecule has 3 aliphatic heterocycles. The molecule has 3 saturated heterocycles. The van der Waals surface area contributed by atoms with E-state index < -0.39 is 24.1 Å². The first-order chi connectivity index (χ1) is 15.4. The zero-order chi connectivity index (χ0) is 22.8. The number of amides is 3. The summed E-state index contributed by atoms with van der Waals surface area (Å²) in [6.45, 7) is 0.690. The Hall–Kier alpha value is -3.30. The predicted octanol–water partition coefficient (Wildman–Crippen LogP) is 0.341. The number of piperazine rings is 1. The van der Waals surface area contributed by atoms with Crippen molar-refractivity contribution in [3.8, 4) is 11.5 Å². The van der Waals surface area contributed by atoms with Gasteiger partial charge in [-0.25, -0.2) is 4.79 Å². The summed E-state index contributed by atoms with van der Waals surface area (Å²) in [5.41, 5.74) is 0.322. The number of hydrogen-bond acceptors (Lipinski definition) is 7. The van der Waals surface area contributed by atoms with Crippen LogP contribution in [0.2, 0.25) is 0 Å². The van der Waals surface area contributed by atoms with Gasteiger partial charge in [0, 0.05) is 19.2 Å².